The molecule has 98 valence electrons. The lowest BCUT2D eigenvalue weighted by Crippen LogP contribution is -2.12. The van der Waals surface area contributed by atoms with Gasteiger partial charge in [0.2, 0.25) is 0 Å². The van der Waals surface area contributed by atoms with Gasteiger partial charge in [-0.3, -0.25) is 9.79 Å². The summed E-state index contributed by atoms with van der Waals surface area (Å²) < 4.78 is 5.27. The topological polar surface area (TPSA) is 67.8 Å². The molecule has 0 unspecified atom stereocenters. The summed E-state index contributed by atoms with van der Waals surface area (Å²) in [5.41, 5.74) is 1.65. The van der Waals surface area contributed by atoms with Crippen LogP contribution in [0.2, 0.25) is 0 Å². The number of nitrogens with zero attached hydrogens (tertiary/aromatic N) is 1. The van der Waals surface area contributed by atoms with Gasteiger partial charge in [0.1, 0.15) is 6.54 Å². The van der Waals surface area contributed by atoms with Crippen molar-refractivity contribution in [1.29, 1.82) is 0 Å². The van der Waals surface area contributed by atoms with Crippen LogP contribution in [0, 0.1) is 0 Å². The van der Waals surface area contributed by atoms with Crippen molar-refractivity contribution in [3.63, 3.8) is 0 Å². The molecule has 0 aliphatic carbocycles. The standard InChI is InChI=1S/C13H11BrN2O3/c1-19-13(18)10-3-2-4-11(12(10)14)16-8-5-9(17)7-15-6-8/h2-6,16H,7H2,1H3. The van der Waals surface area contributed by atoms with Gasteiger partial charge in [0.15, 0.2) is 5.78 Å². The van der Waals surface area contributed by atoms with Crippen LogP contribution in [0.5, 0.6) is 0 Å². The molecular formula is C13H11BrN2O3. The number of esters is 1. The molecule has 1 aromatic rings. The first-order valence-corrected chi connectivity index (χ1v) is 6.29. The Labute approximate surface area is 118 Å². The van der Waals surface area contributed by atoms with Crippen LogP contribution in [-0.2, 0) is 9.53 Å². The van der Waals surface area contributed by atoms with Gasteiger partial charge < -0.3 is 10.1 Å². The zero-order valence-corrected chi connectivity index (χ0v) is 11.7. The minimum atomic E-state index is -0.433. The van der Waals surface area contributed by atoms with Crippen molar-refractivity contribution in [1.82, 2.24) is 0 Å². The third kappa shape index (κ3) is 3.08. The first-order valence-electron chi connectivity index (χ1n) is 5.50. The van der Waals surface area contributed by atoms with Gasteiger partial charge in [0.05, 0.1) is 28.5 Å². The average Bonchev–Trinajstić information content (AvgIpc) is 2.40. The van der Waals surface area contributed by atoms with Gasteiger partial charge in [-0.2, -0.15) is 0 Å². The van der Waals surface area contributed by atoms with Crippen LogP contribution in [-0.4, -0.2) is 31.6 Å². The molecule has 1 heterocycles. The van der Waals surface area contributed by atoms with Gasteiger partial charge in [-0.15, -0.1) is 0 Å². The highest BCUT2D eigenvalue weighted by molar-refractivity contribution is 9.10. The normalized spacial score (nSPS) is 14.0. The van der Waals surface area contributed by atoms with Gasteiger partial charge in [-0.25, -0.2) is 4.79 Å². The molecule has 0 amide bonds. The Balaban J connectivity index is 2.29. The van der Waals surface area contributed by atoms with E-state index in [1.807, 2.05) is 0 Å². The van der Waals surface area contributed by atoms with Crippen molar-refractivity contribution in [2.45, 2.75) is 0 Å². The summed E-state index contributed by atoms with van der Waals surface area (Å²) in [6.45, 7) is 0.175. The van der Waals surface area contributed by atoms with Crippen molar-refractivity contribution < 1.29 is 14.3 Å². The third-order valence-corrected chi connectivity index (χ3v) is 3.33. The first-order chi connectivity index (χ1) is 9.11. The number of rotatable bonds is 3. The number of aliphatic imine (C=N–C) groups is 1. The maximum Gasteiger partial charge on any atom is 0.339 e. The lowest BCUT2D eigenvalue weighted by molar-refractivity contribution is -0.113. The van der Waals surface area contributed by atoms with Gasteiger partial charge in [-0.05, 0) is 28.1 Å². The quantitative estimate of drug-likeness (QED) is 0.866. The van der Waals surface area contributed by atoms with Crippen LogP contribution >= 0.6 is 15.9 Å². The van der Waals surface area contributed by atoms with Crippen LogP contribution in [0.3, 0.4) is 0 Å². The molecule has 6 heteroatoms. The molecule has 0 aromatic heterocycles. The molecule has 0 spiro atoms. The number of hydrogen-bond acceptors (Lipinski definition) is 5. The van der Waals surface area contributed by atoms with Gasteiger partial charge in [0, 0.05) is 12.3 Å². The number of allylic oxidation sites excluding steroid dienone is 1. The predicted octanol–water partition coefficient (Wildman–Crippen LogP) is 2.18. The van der Waals surface area contributed by atoms with Crippen LogP contribution in [0.25, 0.3) is 0 Å². The smallest absolute Gasteiger partial charge is 0.339 e. The fraction of sp³-hybridized carbons (Fsp3) is 0.154. The highest BCUT2D eigenvalue weighted by atomic mass is 79.9. The number of methoxy groups -OCH3 is 1. The van der Waals surface area contributed by atoms with Crippen molar-refractivity contribution in [2.24, 2.45) is 4.99 Å². The minimum Gasteiger partial charge on any atom is -0.465 e. The molecule has 0 saturated heterocycles. The number of anilines is 1. The second kappa shape index (κ2) is 5.79. The fourth-order valence-electron chi connectivity index (χ4n) is 1.61. The van der Waals surface area contributed by atoms with E-state index in [9.17, 15) is 9.59 Å². The minimum absolute atomic E-state index is 0.0646. The van der Waals surface area contributed by atoms with Crippen LogP contribution in [0.4, 0.5) is 5.69 Å². The Hall–Kier alpha value is -1.95. The second-order valence-corrected chi connectivity index (χ2v) is 4.61. The maximum atomic E-state index is 11.6. The molecule has 1 aliphatic rings. The summed E-state index contributed by atoms with van der Waals surface area (Å²) in [5.74, 6) is -0.497. The number of halogens is 1. The summed E-state index contributed by atoms with van der Waals surface area (Å²) >= 11 is 3.34. The number of ketones is 1. The fourth-order valence-corrected chi connectivity index (χ4v) is 2.14. The Morgan fingerprint density at radius 2 is 2.26 bits per heavy atom. The number of dihydropyridines is 1. The van der Waals surface area contributed by atoms with Crippen molar-refractivity contribution >= 4 is 39.6 Å². The summed E-state index contributed by atoms with van der Waals surface area (Å²) in [6.07, 6.45) is 3.06. The summed E-state index contributed by atoms with van der Waals surface area (Å²) in [5, 5.41) is 3.04. The van der Waals surface area contributed by atoms with Crippen molar-refractivity contribution in [3.05, 3.63) is 40.0 Å². The van der Waals surface area contributed by atoms with E-state index >= 15 is 0 Å². The van der Waals surface area contributed by atoms with E-state index < -0.39 is 5.97 Å². The average molecular weight is 323 g/mol. The van der Waals surface area contributed by atoms with Crippen molar-refractivity contribution in [3.8, 4) is 0 Å². The zero-order chi connectivity index (χ0) is 13.8. The Morgan fingerprint density at radius 3 is 2.95 bits per heavy atom. The van der Waals surface area contributed by atoms with Crippen LogP contribution in [0.1, 0.15) is 10.4 Å². The van der Waals surface area contributed by atoms with E-state index in [0.717, 1.165) is 0 Å². The maximum absolute atomic E-state index is 11.6. The molecule has 0 fully saturated rings. The molecule has 0 bridgehead atoms. The molecule has 1 aromatic carbocycles. The Morgan fingerprint density at radius 1 is 1.47 bits per heavy atom. The largest absolute Gasteiger partial charge is 0.465 e. The summed E-state index contributed by atoms with van der Waals surface area (Å²) in [6, 6.07) is 5.15. The third-order valence-electron chi connectivity index (χ3n) is 2.48. The van der Waals surface area contributed by atoms with E-state index in [1.54, 1.807) is 24.4 Å². The van der Waals surface area contributed by atoms with E-state index in [0.29, 0.717) is 21.4 Å². The van der Waals surface area contributed by atoms with Crippen LogP contribution in [0.15, 0.2) is 39.4 Å². The van der Waals surface area contributed by atoms with E-state index in [2.05, 4.69) is 31.0 Å². The molecule has 1 aliphatic heterocycles. The number of ether oxygens (including phenoxy) is 1. The summed E-state index contributed by atoms with van der Waals surface area (Å²) in [4.78, 5) is 26.7. The zero-order valence-electron chi connectivity index (χ0n) is 10.1. The molecule has 19 heavy (non-hydrogen) atoms. The molecule has 0 saturated carbocycles. The number of hydrogen-bond donors (Lipinski definition) is 1. The van der Waals surface area contributed by atoms with Crippen LogP contribution < -0.4 is 5.32 Å². The Kier molecular flexibility index (Phi) is 4.11. The van der Waals surface area contributed by atoms with E-state index in [-0.39, 0.29) is 12.3 Å². The molecular weight excluding hydrogens is 312 g/mol. The first kappa shape index (κ1) is 13.5. The molecule has 1 N–H and O–H groups in total. The second-order valence-electron chi connectivity index (χ2n) is 3.82. The molecule has 5 nitrogen and oxygen atoms in total. The molecule has 0 radical (unpaired) electrons. The number of carbonyl (C=O) groups excluding carboxylic acids is 2. The SMILES string of the molecule is COC(=O)c1cccc(NC2=CC(=O)CN=C2)c1Br. The number of carbonyl (C=O) groups is 2. The van der Waals surface area contributed by atoms with Gasteiger partial charge in [0.25, 0.3) is 0 Å². The van der Waals surface area contributed by atoms with Gasteiger partial charge in [-0.1, -0.05) is 6.07 Å². The lowest BCUT2D eigenvalue weighted by atomic mass is 10.2. The highest BCUT2D eigenvalue weighted by Crippen LogP contribution is 2.28. The monoisotopic (exact) mass is 322 g/mol. The summed E-state index contributed by atoms with van der Waals surface area (Å²) in [7, 11) is 1.32. The number of benzene rings is 1. The van der Waals surface area contributed by atoms with Crippen molar-refractivity contribution in [2.75, 3.05) is 19.0 Å². The molecule has 0 atom stereocenters. The highest BCUT2D eigenvalue weighted by Gasteiger charge is 2.14. The van der Waals surface area contributed by atoms with Gasteiger partial charge >= 0.3 is 5.97 Å². The Bertz CT molecular complexity index is 594. The number of nitrogens with one attached hydrogen (secondary N) is 1. The lowest BCUT2D eigenvalue weighted by Gasteiger charge is -2.12. The predicted molar refractivity (Wildman–Crippen MR) is 75.6 cm³/mol. The molecule has 2 rings (SSSR count). The van der Waals surface area contributed by atoms with E-state index in [1.165, 1.54) is 13.2 Å². The van der Waals surface area contributed by atoms with E-state index in [4.69, 9.17) is 0 Å².